The van der Waals surface area contributed by atoms with E-state index in [1.54, 1.807) is 0 Å². The second-order valence-corrected chi connectivity index (χ2v) is 8.37. The topological polar surface area (TPSA) is 269 Å². The number of hydrogen-bond acceptors (Lipinski definition) is 16. The summed E-state index contributed by atoms with van der Waals surface area (Å²) in [6.07, 6.45) is -24.9. The maximum atomic E-state index is 10.3. The molecule has 0 spiro atoms. The highest BCUT2D eigenvalue weighted by Gasteiger charge is 2.51. The van der Waals surface area contributed by atoms with Gasteiger partial charge in [-0.15, -0.1) is 0 Å². The molecule has 0 saturated carbocycles. The lowest BCUT2D eigenvalue weighted by atomic mass is 9.97. The highest BCUT2D eigenvalue weighted by Crippen LogP contribution is 2.29. The summed E-state index contributed by atoms with van der Waals surface area (Å²) in [5, 5.41) is 109. The van der Waals surface area contributed by atoms with Crippen molar-refractivity contribution in [2.45, 2.75) is 92.1 Å². The fourth-order valence-electron chi connectivity index (χ4n) is 3.95. The maximum absolute atomic E-state index is 10.3. The number of aliphatic hydroxyl groups excluding tert-OH is 11. The fraction of sp³-hybridized carbons (Fsp3) is 1.00. The third-order valence-corrected chi connectivity index (χ3v) is 6.07. The molecule has 0 aromatic carbocycles. The highest BCUT2D eigenvalue weighted by atomic mass is 16.7. The minimum absolute atomic E-state index is 0.609. The standard InChI is InChI=1S/C18H32O16/c19-1-4-7(21)9(23)13(27)17(32-4)30-3-6-8(22)10(24)14(28)18(33-6)34-15-5(2-20)31-16(29)12(26)11(15)25/h4-29H,1-3H2/t4-,5-,6-,7-,8-,9+,10+,11-,12-,13-,14-,15-,16?,17+,18-/m1/s1. The van der Waals surface area contributed by atoms with Crippen molar-refractivity contribution in [3.8, 4) is 0 Å². The molecule has 3 fully saturated rings. The molecule has 200 valence electrons. The van der Waals surface area contributed by atoms with Crippen LogP contribution < -0.4 is 0 Å². The average molecular weight is 504 g/mol. The first-order chi connectivity index (χ1) is 16.0. The minimum Gasteiger partial charge on any atom is -0.394 e. The van der Waals surface area contributed by atoms with Crippen molar-refractivity contribution >= 4 is 0 Å². The molecule has 0 amide bonds. The largest absolute Gasteiger partial charge is 0.394 e. The molecule has 1 unspecified atom stereocenters. The van der Waals surface area contributed by atoms with Crippen LogP contribution in [-0.2, 0) is 23.7 Å². The zero-order chi connectivity index (χ0) is 25.3. The number of aliphatic hydroxyl groups is 11. The van der Waals surface area contributed by atoms with Gasteiger partial charge in [-0.25, -0.2) is 0 Å². The number of rotatable bonds is 7. The molecular formula is C18H32O16. The van der Waals surface area contributed by atoms with Crippen molar-refractivity contribution in [3.05, 3.63) is 0 Å². The van der Waals surface area contributed by atoms with Crippen molar-refractivity contribution < 1.29 is 79.9 Å². The molecule has 3 saturated heterocycles. The Morgan fingerprint density at radius 2 is 1.03 bits per heavy atom. The lowest BCUT2D eigenvalue weighted by Crippen LogP contribution is -2.65. The van der Waals surface area contributed by atoms with Gasteiger partial charge in [0, 0.05) is 0 Å². The van der Waals surface area contributed by atoms with Crippen LogP contribution in [-0.4, -0.2) is 168 Å². The Bertz CT molecular complexity index is 637. The molecule has 3 rings (SSSR count). The van der Waals surface area contributed by atoms with E-state index in [2.05, 4.69) is 0 Å². The zero-order valence-electron chi connectivity index (χ0n) is 17.7. The van der Waals surface area contributed by atoms with E-state index in [1.807, 2.05) is 0 Å². The Hall–Kier alpha value is -0.640. The molecule has 16 nitrogen and oxygen atoms in total. The second kappa shape index (κ2) is 11.6. The molecule has 16 heteroatoms. The Morgan fingerprint density at radius 1 is 0.500 bits per heavy atom. The van der Waals surface area contributed by atoms with Crippen LogP contribution in [0.4, 0.5) is 0 Å². The van der Waals surface area contributed by atoms with Crippen molar-refractivity contribution in [2.75, 3.05) is 19.8 Å². The quantitative estimate of drug-likeness (QED) is 0.154. The summed E-state index contributed by atoms with van der Waals surface area (Å²) >= 11 is 0. The van der Waals surface area contributed by atoms with Crippen LogP contribution in [0.1, 0.15) is 0 Å². The van der Waals surface area contributed by atoms with E-state index in [4.69, 9.17) is 23.7 Å². The molecule has 3 heterocycles. The SMILES string of the molecule is OC[C@H]1O[C@H](OC[C@H]2O[C@H](O[C@H]3[C@H](O)[C@@H](O)C(O)O[C@@H]3CO)[C@H](O)[C@@H](O)[C@@H]2O)[C@H](O)[C@@H](O)[C@@H]1O. The van der Waals surface area contributed by atoms with Gasteiger partial charge < -0.3 is 79.9 Å². The van der Waals surface area contributed by atoms with Gasteiger partial charge in [-0.1, -0.05) is 0 Å². The van der Waals surface area contributed by atoms with Gasteiger partial charge in [0.2, 0.25) is 0 Å². The Balaban J connectivity index is 1.66. The molecule has 34 heavy (non-hydrogen) atoms. The van der Waals surface area contributed by atoms with Gasteiger partial charge >= 0.3 is 0 Å². The molecular weight excluding hydrogens is 472 g/mol. The molecule has 0 aliphatic carbocycles. The number of hydrogen-bond donors (Lipinski definition) is 11. The Kier molecular flexibility index (Phi) is 9.54. The third kappa shape index (κ3) is 5.52. The molecule has 3 aliphatic heterocycles. The van der Waals surface area contributed by atoms with E-state index in [1.165, 1.54) is 0 Å². The summed E-state index contributed by atoms with van der Waals surface area (Å²) < 4.78 is 26.3. The van der Waals surface area contributed by atoms with Crippen molar-refractivity contribution in [1.29, 1.82) is 0 Å². The smallest absolute Gasteiger partial charge is 0.187 e. The monoisotopic (exact) mass is 504 g/mol. The summed E-state index contributed by atoms with van der Waals surface area (Å²) in [5.74, 6) is 0. The van der Waals surface area contributed by atoms with Crippen molar-refractivity contribution in [3.63, 3.8) is 0 Å². The molecule has 0 bridgehead atoms. The first-order valence-corrected chi connectivity index (χ1v) is 10.6. The molecule has 0 aromatic heterocycles. The summed E-state index contributed by atoms with van der Waals surface area (Å²) in [6, 6.07) is 0. The van der Waals surface area contributed by atoms with E-state index < -0.39 is 112 Å². The summed E-state index contributed by atoms with van der Waals surface area (Å²) in [7, 11) is 0. The van der Waals surface area contributed by atoms with Gasteiger partial charge in [0.1, 0.15) is 73.2 Å². The molecule has 0 aromatic rings. The van der Waals surface area contributed by atoms with Gasteiger partial charge in [0.05, 0.1) is 19.8 Å². The van der Waals surface area contributed by atoms with Crippen LogP contribution >= 0.6 is 0 Å². The predicted octanol–water partition coefficient (Wildman–Crippen LogP) is -7.57. The van der Waals surface area contributed by atoms with E-state index in [0.717, 1.165) is 0 Å². The lowest BCUT2D eigenvalue weighted by molar-refractivity contribution is -0.362. The van der Waals surface area contributed by atoms with E-state index >= 15 is 0 Å². The van der Waals surface area contributed by atoms with E-state index in [0.29, 0.717) is 0 Å². The van der Waals surface area contributed by atoms with Crippen molar-refractivity contribution in [1.82, 2.24) is 0 Å². The molecule has 3 aliphatic rings. The predicted molar refractivity (Wildman–Crippen MR) is 101 cm³/mol. The molecule has 11 N–H and O–H groups in total. The Labute approximate surface area is 192 Å². The van der Waals surface area contributed by atoms with Crippen LogP contribution in [0, 0.1) is 0 Å². The lowest BCUT2D eigenvalue weighted by Gasteiger charge is -2.45. The number of ether oxygens (including phenoxy) is 5. The van der Waals surface area contributed by atoms with Gasteiger partial charge in [0.15, 0.2) is 18.9 Å². The van der Waals surface area contributed by atoms with Crippen LogP contribution in [0.2, 0.25) is 0 Å². The van der Waals surface area contributed by atoms with Gasteiger partial charge in [0.25, 0.3) is 0 Å². The second-order valence-electron chi connectivity index (χ2n) is 8.37. The minimum atomic E-state index is -1.87. The molecule has 15 atom stereocenters. The van der Waals surface area contributed by atoms with Gasteiger partial charge in [-0.3, -0.25) is 0 Å². The van der Waals surface area contributed by atoms with Crippen molar-refractivity contribution in [2.24, 2.45) is 0 Å². The first-order valence-electron chi connectivity index (χ1n) is 10.6. The fourth-order valence-corrected chi connectivity index (χ4v) is 3.95. The van der Waals surface area contributed by atoms with Gasteiger partial charge in [-0.2, -0.15) is 0 Å². The maximum Gasteiger partial charge on any atom is 0.187 e. The highest BCUT2D eigenvalue weighted by molar-refractivity contribution is 4.94. The van der Waals surface area contributed by atoms with Crippen LogP contribution in [0.5, 0.6) is 0 Å². The van der Waals surface area contributed by atoms with Crippen LogP contribution in [0.3, 0.4) is 0 Å². The summed E-state index contributed by atoms with van der Waals surface area (Å²) in [6.45, 7) is -2.07. The summed E-state index contributed by atoms with van der Waals surface area (Å²) in [4.78, 5) is 0. The van der Waals surface area contributed by atoms with E-state index in [9.17, 15) is 56.2 Å². The Morgan fingerprint density at radius 3 is 1.62 bits per heavy atom. The summed E-state index contributed by atoms with van der Waals surface area (Å²) in [5.41, 5.74) is 0. The normalized spacial score (nSPS) is 52.5. The van der Waals surface area contributed by atoms with Crippen LogP contribution in [0.15, 0.2) is 0 Å². The van der Waals surface area contributed by atoms with E-state index in [-0.39, 0.29) is 0 Å². The third-order valence-electron chi connectivity index (χ3n) is 6.07. The van der Waals surface area contributed by atoms with Gasteiger partial charge in [-0.05, 0) is 0 Å². The van der Waals surface area contributed by atoms with Crippen LogP contribution in [0.25, 0.3) is 0 Å². The molecule has 0 radical (unpaired) electrons. The average Bonchev–Trinajstić information content (AvgIpc) is 2.82. The zero-order valence-corrected chi connectivity index (χ0v) is 17.7. The first kappa shape index (κ1) is 27.9.